The Morgan fingerprint density at radius 2 is 2.15 bits per heavy atom. The monoisotopic (exact) mass is 184 g/mol. The number of nitrogens with two attached hydrogens (primary N) is 1. The number of hydrogen-bond donors (Lipinski definition) is 1. The molecule has 2 atom stereocenters. The number of hydrogen-bond acceptors (Lipinski definition) is 2. The lowest BCUT2D eigenvalue weighted by atomic mass is 9.99. The Morgan fingerprint density at radius 1 is 1.54 bits per heavy atom. The minimum Gasteiger partial charge on any atom is -0.337 e. The zero-order valence-electron chi connectivity index (χ0n) is 8.79. The number of nitrogens with zero attached hydrogens (tertiary/aromatic N) is 1. The van der Waals surface area contributed by atoms with E-state index in [1.54, 1.807) is 0 Å². The van der Waals surface area contributed by atoms with E-state index in [0.717, 1.165) is 6.42 Å². The van der Waals surface area contributed by atoms with Gasteiger partial charge in [-0.05, 0) is 32.7 Å². The van der Waals surface area contributed by atoms with Crippen molar-refractivity contribution in [1.29, 1.82) is 0 Å². The van der Waals surface area contributed by atoms with Gasteiger partial charge in [0.1, 0.15) is 0 Å². The minimum atomic E-state index is 0.292. The van der Waals surface area contributed by atoms with Gasteiger partial charge >= 0.3 is 0 Å². The molecule has 0 bridgehead atoms. The van der Waals surface area contributed by atoms with E-state index >= 15 is 0 Å². The van der Waals surface area contributed by atoms with E-state index in [-0.39, 0.29) is 0 Å². The molecule has 2 unspecified atom stereocenters. The topological polar surface area (TPSA) is 46.3 Å². The van der Waals surface area contributed by atoms with Crippen LogP contribution >= 0.6 is 0 Å². The van der Waals surface area contributed by atoms with Crippen molar-refractivity contribution >= 4 is 5.91 Å². The molecule has 0 radical (unpaired) electrons. The van der Waals surface area contributed by atoms with Crippen LogP contribution in [0.1, 0.15) is 33.6 Å². The molecular weight excluding hydrogens is 164 g/mol. The van der Waals surface area contributed by atoms with Crippen molar-refractivity contribution in [2.24, 2.45) is 11.7 Å². The van der Waals surface area contributed by atoms with Crippen LogP contribution in [-0.2, 0) is 4.79 Å². The summed E-state index contributed by atoms with van der Waals surface area (Å²) in [6, 6.07) is 0.687. The molecule has 2 N–H and O–H groups in total. The smallest absolute Gasteiger partial charge is 0.223 e. The van der Waals surface area contributed by atoms with E-state index in [2.05, 4.69) is 20.8 Å². The van der Waals surface area contributed by atoms with Crippen molar-refractivity contribution in [2.45, 2.75) is 45.7 Å². The summed E-state index contributed by atoms with van der Waals surface area (Å²) in [4.78, 5) is 13.5. The van der Waals surface area contributed by atoms with Gasteiger partial charge in [0.2, 0.25) is 5.91 Å². The van der Waals surface area contributed by atoms with Gasteiger partial charge in [-0.25, -0.2) is 0 Å². The second-order valence-corrected chi connectivity index (χ2v) is 4.21. The first-order valence-electron chi connectivity index (χ1n) is 5.09. The van der Waals surface area contributed by atoms with Crippen LogP contribution in [-0.4, -0.2) is 29.4 Å². The van der Waals surface area contributed by atoms with E-state index in [1.165, 1.54) is 0 Å². The molecule has 0 saturated carbocycles. The maximum atomic E-state index is 11.5. The van der Waals surface area contributed by atoms with Gasteiger partial charge in [-0.3, -0.25) is 4.79 Å². The zero-order valence-corrected chi connectivity index (χ0v) is 8.79. The number of likely N-dealkylation sites (tertiary alicyclic amines) is 1. The fourth-order valence-electron chi connectivity index (χ4n) is 2.11. The van der Waals surface area contributed by atoms with Crippen LogP contribution in [0.25, 0.3) is 0 Å². The van der Waals surface area contributed by atoms with Gasteiger partial charge in [-0.1, -0.05) is 6.92 Å². The number of rotatable bonds is 3. The summed E-state index contributed by atoms with van der Waals surface area (Å²) in [5, 5.41) is 0. The van der Waals surface area contributed by atoms with Crippen molar-refractivity contribution < 1.29 is 4.79 Å². The van der Waals surface area contributed by atoms with Crippen LogP contribution in [0.15, 0.2) is 0 Å². The Morgan fingerprint density at radius 3 is 2.62 bits per heavy atom. The van der Waals surface area contributed by atoms with Crippen molar-refractivity contribution in [2.75, 3.05) is 6.54 Å². The summed E-state index contributed by atoms with van der Waals surface area (Å²) in [6.07, 6.45) is 1.68. The molecule has 1 aliphatic heterocycles. The minimum absolute atomic E-state index is 0.292. The van der Waals surface area contributed by atoms with Crippen LogP contribution in [0, 0.1) is 5.92 Å². The van der Waals surface area contributed by atoms with Crippen LogP contribution < -0.4 is 5.73 Å². The van der Waals surface area contributed by atoms with Gasteiger partial charge in [-0.15, -0.1) is 0 Å². The first kappa shape index (κ1) is 10.5. The first-order valence-corrected chi connectivity index (χ1v) is 5.09. The predicted molar refractivity (Wildman–Crippen MR) is 53.2 cm³/mol. The maximum Gasteiger partial charge on any atom is 0.223 e. The SMILES string of the molecule is CC(CN)C1CCC(=O)N1C(C)C. The average molecular weight is 184 g/mol. The van der Waals surface area contributed by atoms with E-state index < -0.39 is 0 Å². The molecular formula is C10H20N2O. The molecule has 0 spiro atoms. The van der Waals surface area contributed by atoms with E-state index in [9.17, 15) is 4.79 Å². The van der Waals surface area contributed by atoms with Gasteiger partial charge in [0.05, 0.1) is 0 Å². The fourth-order valence-corrected chi connectivity index (χ4v) is 2.11. The van der Waals surface area contributed by atoms with Gasteiger partial charge < -0.3 is 10.6 Å². The standard InChI is InChI=1S/C10H20N2O/c1-7(2)12-9(8(3)6-11)4-5-10(12)13/h7-9H,4-6,11H2,1-3H3. The highest BCUT2D eigenvalue weighted by molar-refractivity contribution is 5.79. The second-order valence-electron chi connectivity index (χ2n) is 4.21. The Kier molecular flexibility index (Phi) is 3.31. The van der Waals surface area contributed by atoms with E-state index in [0.29, 0.717) is 36.9 Å². The summed E-state index contributed by atoms with van der Waals surface area (Å²) < 4.78 is 0. The van der Waals surface area contributed by atoms with Crippen molar-refractivity contribution in [1.82, 2.24) is 4.90 Å². The Bertz CT molecular complexity index is 191. The lowest BCUT2D eigenvalue weighted by molar-refractivity contribution is -0.131. The maximum absolute atomic E-state index is 11.5. The van der Waals surface area contributed by atoms with Gasteiger partial charge in [0, 0.05) is 18.5 Å². The van der Waals surface area contributed by atoms with Gasteiger partial charge in [0.25, 0.3) is 0 Å². The van der Waals surface area contributed by atoms with Crippen molar-refractivity contribution in [3.05, 3.63) is 0 Å². The molecule has 0 aromatic rings. The molecule has 0 aromatic carbocycles. The molecule has 1 heterocycles. The highest BCUT2D eigenvalue weighted by atomic mass is 16.2. The summed E-state index contributed by atoms with van der Waals surface area (Å²) in [6.45, 7) is 6.93. The molecule has 3 heteroatoms. The van der Waals surface area contributed by atoms with Crippen LogP contribution in [0.5, 0.6) is 0 Å². The molecule has 1 amide bonds. The third-order valence-corrected chi connectivity index (χ3v) is 2.88. The number of carbonyl (C=O) groups excluding carboxylic acids is 1. The van der Waals surface area contributed by atoms with Crippen LogP contribution in [0.4, 0.5) is 0 Å². The quantitative estimate of drug-likeness (QED) is 0.710. The highest BCUT2D eigenvalue weighted by Crippen LogP contribution is 2.26. The van der Waals surface area contributed by atoms with Crippen molar-refractivity contribution in [3.8, 4) is 0 Å². The van der Waals surface area contributed by atoms with Gasteiger partial charge in [0.15, 0.2) is 0 Å². The third-order valence-electron chi connectivity index (χ3n) is 2.88. The third kappa shape index (κ3) is 2.02. The first-order chi connectivity index (χ1) is 6.07. The molecule has 13 heavy (non-hydrogen) atoms. The summed E-state index contributed by atoms with van der Waals surface area (Å²) in [7, 11) is 0. The summed E-state index contributed by atoms with van der Waals surface area (Å²) >= 11 is 0. The molecule has 1 fully saturated rings. The molecule has 1 saturated heterocycles. The second kappa shape index (κ2) is 4.09. The van der Waals surface area contributed by atoms with Gasteiger partial charge in [-0.2, -0.15) is 0 Å². The normalized spacial score (nSPS) is 25.8. The van der Waals surface area contributed by atoms with Crippen molar-refractivity contribution in [3.63, 3.8) is 0 Å². The predicted octanol–water partition coefficient (Wildman–Crippen LogP) is 0.981. The number of carbonyl (C=O) groups is 1. The molecule has 0 aromatic heterocycles. The highest BCUT2D eigenvalue weighted by Gasteiger charge is 2.35. The molecule has 1 aliphatic rings. The number of amides is 1. The largest absolute Gasteiger partial charge is 0.337 e. The Balaban J connectivity index is 2.69. The van der Waals surface area contributed by atoms with Crippen LogP contribution in [0.3, 0.4) is 0 Å². The Hall–Kier alpha value is -0.570. The van der Waals surface area contributed by atoms with Crippen LogP contribution in [0.2, 0.25) is 0 Å². The van der Waals surface area contributed by atoms with E-state index in [4.69, 9.17) is 5.73 Å². The average Bonchev–Trinajstić information content (AvgIpc) is 2.45. The molecule has 0 aliphatic carbocycles. The molecule has 1 rings (SSSR count). The zero-order chi connectivity index (χ0) is 10.0. The molecule has 3 nitrogen and oxygen atoms in total. The summed E-state index contributed by atoms with van der Waals surface area (Å²) in [5.74, 6) is 0.717. The lowest BCUT2D eigenvalue weighted by Crippen LogP contribution is -2.43. The molecule has 76 valence electrons. The summed E-state index contributed by atoms with van der Waals surface area (Å²) in [5.41, 5.74) is 5.62. The fraction of sp³-hybridized carbons (Fsp3) is 0.900. The van der Waals surface area contributed by atoms with E-state index in [1.807, 2.05) is 4.90 Å². The lowest BCUT2D eigenvalue weighted by Gasteiger charge is -2.32. The Labute approximate surface area is 80.3 Å².